The number of ketones is 1. The average Bonchev–Trinajstić information content (AvgIpc) is 1.10. The van der Waals surface area contributed by atoms with Crippen LogP contribution in [0, 0.1) is 40.9 Å². The van der Waals surface area contributed by atoms with Crippen molar-refractivity contribution in [1.29, 1.82) is 0 Å². The van der Waals surface area contributed by atoms with Crippen molar-refractivity contribution in [3.8, 4) is 34.5 Å². The molecule has 10 fully saturated rings. The van der Waals surface area contributed by atoms with Crippen molar-refractivity contribution >= 4 is 118 Å². The van der Waals surface area contributed by atoms with E-state index in [1.165, 1.54) is 163 Å². The van der Waals surface area contributed by atoms with Gasteiger partial charge in [-0.05, 0) is 244 Å². The molecule has 4 saturated heterocycles. The Balaban J connectivity index is 0.000000145. The lowest BCUT2D eigenvalue weighted by atomic mass is 9.49. The number of unbranched alkanes of at least 4 members (excludes halogenated alkanes) is 2. The van der Waals surface area contributed by atoms with Crippen LogP contribution in [0.15, 0.2) is 177 Å². The maximum Gasteiger partial charge on any atom is 0.346 e. The Labute approximate surface area is 852 Å². The molecule has 6 saturated carbocycles. The van der Waals surface area contributed by atoms with Gasteiger partial charge in [-0.3, -0.25) is 28.8 Å². The number of Topliss-reactive ketones (excluding diaryl/α,β-unsaturated/α-hetero) is 1. The lowest BCUT2D eigenvalue weighted by Gasteiger charge is -2.55. The molecule has 8 aromatic carbocycles. The minimum Gasteiger partial charge on any atom is -0.493 e. The van der Waals surface area contributed by atoms with Gasteiger partial charge in [0.1, 0.15) is 87.1 Å². The summed E-state index contributed by atoms with van der Waals surface area (Å²) in [6.07, 6.45) is 19.1. The standard InChI is InChI=1S/2C18H23O2S.2C17H17O2S.C16H24O3.C14H24O3S.C8H14O4.C6H10O4/c2*1-2-3-10-20-17-8-9-18(21-13-11-19-12-14-21)16-7-5-4-6-15(16)17;2*1-2-4-16-13(3-1)11-14-12-15(5-6-17(14)19-16)20-9-7-18-8-10-20;1-10(17)15(2,3)19-14(18)16-7-11-4-12(8-16)6-13(5-11)9-16;1-3-18-10(2)14(15)17-7-6-16-13-9-11-4-5-12(13)8-11;1-4-5-12-8(10)6(2)7(9)11-3;1-4(6(8)9-3)10-5(2)7/h2*4-9H,2-3,10-14H2,1H3;2*1-6,12H,7-11H2;11-13H,4-9H2,1-3H3;10-13H,3-9H2,1-2H3;6H,4-5H2,1-3H3;4H,1-3H3/q4*+1;;;;. The number of ether oxygens (including phenoxy) is 15. The first-order valence-electron chi connectivity index (χ1n) is 51.0. The summed E-state index contributed by atoms with van der Waals surface area (Å²) in [4.78, 5) is 84.2. The van der Waals surface area contributed by atoms with E-state index in [0.29, 0.717) is 69.5 Å². The molecule has 27 heteroatoms. The van der Waals surface area contributed by atoms with Crippen LogP contribution in [0.25, 0.3) is 21.5 Å². The summed E-state index contributed by atoms with van der Waals surface area (Å²) in [5.74, 6) is 16.9. The summed E-state index contributed by atoms with van der Waals surface area (Å²) in [6.45, 7) is 29.4. The molecule has 6 atom stereocenters. The zero-order valence-electron chi connectivity index (χ0n) is 85.3. The van der Waals surface area contributed by atoms with Crippen LogP contribution in [0.2, 0.25) is 0 Å². The molecule has 22 nitrogen and oxygen atoms in total. The molecule has 0 radical (unpaired) electrons. The smallest absolute Gasteiger partial charge is 0.346 e. The predicted molar refractivity (Wildman–Crippen MR) is 566 cm³/mol. The minimum absolute atomic E-state index is 0.0579. The molecule has 6 heterocycles. The number of esters is 6. The zero-order valence-corrected chi connectivity index (χ0v) is 89.4. The summed E-state index contributed by atoms with van der Waals surface area (Å²) in [7, 11) is 3.83. The highest BCUT2D eigenvalue weighted by Gasteiger charge is 2.57. The second kappa shape index (κ2) is 56.9. The van der Waals surface area contributed by atoms with E-state index in [2.05, 4.69) is 162 Å². The second-order valence-corrected chi connectivity index (χ2v) is 48.8. The molecule has 12 aliphatic rings. The average molecular weight is 2030 g/mol. The Kier molecular flexibility index (Phi) is 44.9. The SMILES string of the molecule is CC(=O)C(C)(C)OC(=O)C12CC3CC(CC(C3)C1)C2.CCCCOc1ccc([S+]2CCOCC2)c2ccccc12.CCCCOc1ccc([S+]2CCOCC2)c2ccccc12.CCCOC(=O)C(C)C(=O)OC.CCSC(C)C(=O)OCCOC1CC2CCC1C2.COC(=O)C(C)OC(C)=O.c1ccc2c(c1)Cc1cc([S+]3CCOCC3)ccc1O2.c1ccc2c(c1)Cc1cc([S+]3CCOCC3)ccc1O2. The number of fused-ring (bicyclic) bond motifs is 8. The van der Waals surface area contributed by atoms with Crippen molar-refractivity contribution in [2.24, 2.45) is 40.9 Å². The second-order valence-electron chi connectivity index (χ2n) is 38.2. The van der Waals surface area contributed by atoms with Crippen molar-refractivity contribution in [2.75, 3.05) is 152 Å². The summed E-state index contributed by atoms with van der Waals surface area (Å²) >= 11 is 1.62. The zero-order chi connectivity index (χ0) is 100. The predicted octanol–water partition coefficient (Wildman–Crippen LogP) is 21.7. The summed E-state index contributed by atoms with van der Waals surface area (Å²) in [6, 6.07) is 56.3. The van der Waals surface area contributed by atoms with E-state index in [0.717, 1.165) is 233 Å². The first-order chi connectivity index (χ1) is 68.3. The van der Waals surface area contributed by atoms with Gasteiger partial charge in [-0.2, -0.15) is 0 Å². The highest BCUT2D eigenvalue weighted by Crippen LogP contribution is 2.61. The number of para-hydroxylation sites is 2. The molecular weight excluding hydrogens is 1880 g/mol. The third-order valence-corrected chi connectivity index (χ3v) is 37.6. The lowest BCUT2D eigenvalue weighted by Crippen LogP contribution is -2.52. The number of thioether (sulfide) groups is 1. The van der Waals surface area contributed by atoms with E-state index in [1.807, 2.05) is 45.0 Å². The number of carbonyl (C=O) groups is 7. The molecule has 141 heavy (non-hydrogen) atoms. The van der Waals surface area contributed by atoms with Crippen molar-refractivity contribution < 1.29 is 105 Å². The quantitative estimate of drug-likeness (QED) is 0.0145. The third-order valence-electron chi connectivity index (χ3n) is 27.5. The number of rotatable bonds is 28. The number of benzene rings is 8. The first kappa shape index (κ1) is 111. The molecule has 0 amide bonds. The van der Waals surface area contributed by atoms with E-state index in [1.54, 1.807) is 25.6 Å². The van der Waals surface area contributed by atoms with Crippen LogP contribution >= 0.6 is 11.8 Å². The Morgan fingerprint density at radius 3 is 1.28 bits per heavy atom. The molecular formula is C114H152O22S5+4. The fraction of sp³-hybridized carbons (Fsp3) is 0.553. The fourth-order valence-corrected chi connectivity index (χ4v) is 28.5. The van der Waals surface area contributed by atoms with Gasteiger partial charge in [-0.25, -0.2) is 4.79 Å². The van der Waals surface area contributed by atoms with E-state index in [-0.39, 0.29) is 28.4 Å². The van der Waals surface area contributed by atoms with Crippen molar-refractivity contribution in [1.82, 2.24) is 0 Å². The maximum atomic E-state index is 12.6. The van der Waals surface area contributed by atoms with Gasteiger partial charge >= 0.3 is 35.8 Å². The van der Waals surface area contributed by atoms with Crippen LogP contribution in [0.1, 0.15) is 195 Å². The lowest BCUT2D eigenvalue weighted by molar-refractivity contribution is -0.186. The minimum atomic E-state index is -0.972. The maximum absolute atomic E-state index is 12.6. The summed E-state index contributed by atoms with van der Waals surface area (Å²) in [5.41, 5.74) is 3.97. The Morgan fingerprint density at radius 2 is 0.872 bits per heavy atom. The number of hydrogen-bond acceptors (Lipinski definition) is 23. The van der Waals surface area contributed by atoms with Crippen LogP contribution in [0.3, 0.4) is 0 Å². The highest BCUT2D eigenvalue weighted by atomic mass is 32.2. The number of methoxy groups -OCH3 is 2. The van der Waals surface area contributed by atoms with Gasteiger partial charge < -0.3 is 71.1 Å². The molecule has 20 rings (SSSR count). The molecule has 766 valence electrons. The first-order valence-corrected chi connectivity index (χ1v) is 58.3. The fourth-order valence-electron chi connectivity index (χ4n) is 20.0. The van der Waals surface area contributed by atoms with Gasteiger partial charge in [0.2, 0.25) is 0 Å². The molecule has 0 N–H and O–H groups in total. The topological polar surface area (TPSA) is 258 Å². The van der Waals surface area contributed by atoms with Gasteiger partial charge in [0, 0.05) is 108 Å². The van der Waals surface area contributed by atoms with Crippen LogP contribution in [-0.4, -0.2) is 217 Å². The summed E-state index contributed by atoms with van der Waals surface area (Å²) < 4.78 is 80.4. The molecule has 6 unspecified atom stereocenters. The van der Waals surface area contributed by atoms with Crippen LogP contribution < -0.4 is 18.9 Å². The largest absolute Gasteiger partial charge is 0.493 e. The number of carbonyl (C=O) groups excluding carboxylic acids is 7. The number of hydrogen-bond donors (Lipinski definition) is 0. The summed E-state index contributed by atoms with van der Waals surface area (Å²) in [5, 5.41) is 5.17. The van der Waals surface area contributed by atoms with Crippen molar-refractivity contribution in [3.05, 3.63) is 180 Å². The molecule has 6 aliphatic carbocycles. The van der Waals surface area contributed by atoms with E-state index < -0.39 is 41.5 Å². The Morgan fingerprint density at radius 1 is 0.440 bits per heavy atom. The van der Waals surface area contributed by atoms with Gasteiger partial charge in [-0.1, -0.05) is 113 Å². The molecule has 0 aromatic heterocycles. The molecule has 8 aromatic rings. The van der Waals surface area contributed by atoms with Gasteiger partial charge in [0.15, 0.2) is 43.0 Å². The third kappa shape index (κ3) is 32.5. The normalized spacial score (nSPS) is 21.3. The van der Waals surface area contributed by atoms with Crippen LogP contribution in [0.4, 0.5) is 0 Å². The van der Waals surface area contributed by atoms with E-state index >= 15 is 0 Å². The van der Waals surface area contributed by atoms with E-state index in [4.69, 9.17) is 56.8 Å². The van der Waals surface area contributed by atoms with Crippen LogP contribution in [0.5, 0.6) is 34.5 Å². The van der Waals surface area contributed by atoms with Crippen molar-refractivity contribution in [3.63, 3.8) is 0 Å². The van der Waals surface area contributed by atoms with E-state index in [9.17, 15) is 33.6 Å². The monoisotopic (exact) mass is 2030 g/mol. The van der Waals surface area contributed by atoms with Gasteiger partial charge in [0.05, 0.1) is 110 Å². The Hall–Kier alpha value is -8.48. The molecule has 6 aliphatic heterocycles. The highest BCUT2D eigenvalue weighted by molar-refractivity contribution is 8.00. The Bertz CT molecular complexity index is 5070. The van der Waals surface area contributed by atoms with Crippen LogP contribution in [-0.2, 0) is 142 Å². The molecule has 0 spiro atoms. The van der Waals surface area contributed by atoms with Crippen molar-refractivity contribution in [2.45, 2.75) is 228 Å². The van der Waals surface area contributed by atoms with Gasteiger partial charge in [0.25, 0.3) is 0 Å². The molecule has 6 bridgehead atoms. The van der Waals surface area contributed by atoms with Gasteiger partial charge in [-0.15, -0.1) is 11.8 Å².